The number of rotatable bonds is 18. The summed E-state index contributed by atoms with van der Waals surface area (Å²) in [6, 6.07) is 38.6. The van der Waals surface area contributed by atoms with Gasteiger partial charge in [0.2, 0.25) is 11.2 Å². The van der Waals surface area contributed by atoms with E-state index >= 15 is 0 Å². The van der Waals surface area contributed by atoms with Gasteiger partial charge in [0, 0.05) is 45.4 Å². The van der Waals surface area contributed by atoms with E-state index < -0.39 is 90.3 Å². The number of carboxylic acid groups (broad SMARTS) is 2. The van der Waals surface area contributed by atoms with Crippen LogP contribution in [-0.2, 0) is 86.6 Å². The van der Waals surface area contributed by atoms with E-state index in [1.54, 1.807) is 88.6 Å². The van der Waals surface area contributed by atoms with Gasteiger partial charge in [0.15, 0.2) is 11.2 Å². The van der Waals surface area contributed by atoms with Crippen LogP contribution in [0.25, 0.3) is 22.2 Å². The van der Waals surface area contributed by atoms with E-state index in [0.29, 0.717) is 92.5 Å². The summed E-state index contributed by atoms with van der Waals surface area (Å²) in [6.45, 7) is 32.3. The zero-order valence-corrected chi connectivity index (χ0v) is 75.2. The monoisotopic (exact) mass is 1830 g/mol. The van der Waals surface area contributed by atoms with Crippen molar-refractivity contribution in [3.8, 4) is 11.5 Å². The molecule has 8 atom stereocenters. The van der Waals surface area contributed by atoms with E-state index in [9.17, 15) is 72.6 Å². The van der Waals surface area contributed by atoms with Crippen LogP contribution >= 0.6 is 23.2 Å². The highest BCUT2D eigenvalue weighted by atomic mass is 35.5. The van der Waals surface area contributed by atoms with Gasteiger partial charge >= 0.3 is 43.0 Å². The molecule has 4 aromatic heterocycles. The summed E-state index contributed by atoms with van der Waals surface area (Å²) in [5.41, 5.74) is -1.61. The summed E-state index contributed by atoms with van der Waals surface area (Å²) in [7, 11) is -11.2. The number of fused-ring (bicyclic) bond motifs is 8. The lowest BCUT2D eigenvalue weighted by molar-refractivity contribution is -0.158. The van der Waals surface area contributed by atoms with Crippen molar-refractivity contribution >= 4 is 124 Å². The largest absolute Gasteiger partial charge is 0.511 e. The number of alkyl halides is 6. The Kier molecular flexibility index (Phi) is 27.7. The van der Waals surface area contributed by atoms with Gasteiger partial charge in [0.1, 0.15) is 58.5 Å². The van der Waals surface area contributed by atoms with Crippen molar-refractivity contribution in [1.29, 1.82) is 0 Å². The molecule has 6 aromatic carbocycles. The molecular weight excluding hydrogens is 1730 g/mol. The van der Waals surface area contributed by atoms with Crippen LogP contribution in [0.5, 0.6) is 11.5 Å². The number of aliphatic carboxylic acids is 2. The average molecular weight is 1830 g/mol. The summed E-state index contributed by atoms with van der Waals surface area (Å²) < 4.78 is 143. The number of oxazole rings is 2. The minimum absolute atomic E-state index is 0.0826. The number of benzene rings is 6. The number of carbonyl (C=O) groups is 4. The van der Waals surface area contributed by atoms with Gasteiger partial charge in [-0.15, -0.1) is 0 Å². The van der Waals surface area contributed by atoms with Gasteiger partial charge in [-0.25, -0.2) is 26.8 Å². The van der Waals surface area contributed by atoms with Crippen LogP contribution in [-0.4, -0.2) is 115 Å². The SMILES string of the molecule is CC(C)(C)c1cc(C(C)(C)C)c2oc(Nc3cc(Cl)cc4c3O[C@@]3(C(=O)Nc5ccccn5)[C@@H](Cc5ccccc5[C@@H]3O)C4)nc2c1.CC(C)(C)c1cc(C(C)(C)C)c2oc(Nc3cc(Cl)cc4c3O[C@]3(C(=O)Nc5ccccn5)[C@H](Cc5ccccc5[C@H]3O)C4)nc2c1.CC(C)C[C@@H](NS(=O)(=O)C(F)(F)F)C(=O)O.CC(C)C[C@H](NS(=O)(=O)C(F)(F)F)C(=O)O. The molecule has 2 aliphatic carbocycles. The Bertz CT molecular complexity index is 5620. The Morgan fingerprint density at radius 2 is 0.810 bits per heavy atom. The van der Waals surface area contributed by atoms with E-state index in [1.807, 2.05) is 60.7 Å². The molecule has 676 valence electrons. The van der Waals surface area contributed by atoms with E-state index in [-0.39, 0.29) is 70.2 Å². The number of anilines is 6. The number of nitrogens with one attached hydrogen (secondary N) is 6. The predicted octanol–water partition coefficient (Wildman–Crippen LogP) is 18.7. The number of hydrogen-bond donors (Lipinski definition) is 10. The molecule has 14 rings (SSSR count). The lowest BCUT2D eigenvalue weighted by Crippen LogP contribution is -2.62. The van der Waals surface area contributed by atoms with Crippen molar-refractivity contribution in [2.24, 2.45) is 23.7 Å². The fourth-order valence-corrected chi connectivity index (χ4v) is 17.5. The molecule has 0 unspecified atom stereocenters. The third-order valence-corrected chi connectivity index (χ3v) is 24.8. The maximum absolute atomic E-state index is 14.3. The number of aliphatic hydroxyl groups is 2. The van der Waals surface area contributed by atoms with Crippen molar-refractivity contribution in [3.05, 3.63) is 212 Å². The van der Waals surface area contributed by atoms with E-state index in [0.717, 1.165) is 65.0 Å². The van der Waals surface area contributed by atoms with E-state index in [4.69, 9.17) is 61.7 Å². The van der Waals surface area contributed by atoms with Crippen LogP contribution in [0, 0.1) is 23.7 Å². The summed E-state index contributed by atoms with van der Waals surface area (Å²) in [6.07, 6.45) is 2.25. The smallest absolute Gasteiger partial charge is 0.480 e. The van der Waals surface area contributed by atoms with Gasteiger partial charge in [0.25, 0.3) is 23.8 Å². The molecule has 26 nitrogen and oxygen atoms in total. The first-order chi connectivity index (χ1) is 58.4. The number of amides is 2. The lowest BCUT2D eigenvalue weighted by atomic mass is 9.66. The maximum Gasteiger partial charge on any atom is 0.511 e. The molecule has 0 fully saturated rings. The minimum Gasteiger partial charge on any atom is -0.480 e. The Labute approximate surface area is 735 Å². The minimum atomic E-state index is -5.62. The number of nitrogens with zero attached hydrogens (tertiary/aromatic N) is 4. The Morgan fingerprint density at radius 1 is 0.476 bits per heavy atom. The average Bonchev–Trinajstić information content (AvgIpc) is 0.870. The summed E-state index contributed by atoms with van der Waals surface area (Å²) >= 11 is 13.4. The predicted molar refractivity (Wildman–Crippen MR) is 467 cm³/mol. The maximum atomic E-state index is 14.3. The first-order valence-electron chi connectivity index (χ1n) is 40.5. The quantitative estimate of drug-likeness (QED) is 0.0357. The molecule has 2 aliphatic heterocycles. The molecule has 36 heteroatoms. The third kappa shape index (κ3) is 21.0. The van der Waals surface area contributed by atoms with E-state index in [1.165, 1.54) is 0 Å². The molecule has 6 heterocycles. The standard InChI is InChI=1S/2C38H39ClN4O4.2C7H12F3NO4S/c2*1-36(2,3)23-18-27(37(4,5)6)32-28(19-23)41-35(46-32)42-29-20-25(39)17-22-16-24-15-21-11-7-8-12-26(21)33(44)38(24,47-31(22)29)34(45)43-30-13-9-10-14-40-30;2*1-4(2)3-5(6(12)13)11-16(14,15)7(8,9)10/h2*7-14,17-20,24,33,44H,15-16H2,1-6H3,(H,41,42)(H,40,43,45);2*4-5,11H,3H2,1-2H3,(H,12,13)/t2*24-,33-,38-;2*5-/m1010/s1. The van der Waals surface area contributed by atoms with Gasteiger partial charge in [-0.2, -0.15) is 45.8 Å². The van der Waals surface area contributed by atoms with E-state index in [2.05, 4.69) is 139 Å². The summed E-state index contributed by atoms with van der Waals surface area (Å²) in [5.74, 6) is -3.93. The van der Waals surface area contributed by atoms with Crippen LogP contribution in [0.15, 0.2) is 155 Å². The molecule has 0 spiro atoms. The van der Waals surface area contributed by atoms with Crippen LogP contribution in [0.1, 0.15) is 191 Å². The van der Waals surface area contributed by atoms with Gasteiger partial charge in [-0.1, -0.05) is 207 Å². The number of carbonyl (C=O) groups excluding carboxylic acids is 2. The first kappa shape index (κ1) is 96.2. The van der Waals surface area contributed by atoms with Gasteiger partial charge < -0.3 is 60.0 Å². The number of aliphatic hydroxyl groups excluding tert-OH is 2. The number of pyridine rings is 2. The van der Waals surface area contributed by atoms with Crippen molar-refractivity contribution in [2.45, 2.75) is 217 Å². The molecule has 10 aromatic rings. The molecule has 0 saturated heterocycles. The third-order valence-electron chi connectivity index (χ3n) is 21.9. The second-order valence-electron chi connectivity index (χ2n) is 36.6. The number of sulfonamides is 2. The fraction of sp³-hybridized carbons (Fsp3) is 0.422. The van der Waals surface area contributed by atoms with Crippen LogP contribution in [0.3, 0.4) is 0 Å². The lowest BCUT2D eigenvalue weighted by Gasteiger charge is -2.49. The van der Waals surface area contributed by atoms with Crippen LogP contribution in [0.2, 0.25) is 10.0 Å². The van der Waals surface area contributed by atoms with Crippen molar-refractivity contribution < 1.29 is 101 Å². The molecule has 4 aliphatic rings. The number of halogens is 8. The molecule has 126 heavy (non-hydrogen) atoms. The normalized spacial score (nSPS) is 19.1. The van der Waals surface area contributed by atoms with Crippen molar-refractivity contribution in [1.82, 2.24) is 29.4 Å². The number of carboxylic acids is 2. The number of aromatic nitrogens is 4. The van der Waals surface area contributed by atoms with Crippen LogP contribution in [0.4, 0.5) is 61.4 Å². The Hall–Kier alpha value is -10.5. The second kappa shape index (κ2) is 36.4. The Balaban J connectivity index is 0.000000183. The van der Waals surface area contributed by atoms with Crippen molar-refractivity contribution in [3.63, 3.8) is 0 Å². The molecule has 0 radical (unpaired) electrons. The molecule has 0 saturated carbocycles. The Morgan fingerprint density at radius 3 is 1.11 bits per heavy atom. The first-order valence-corrected chi connectivity index (χ1v) is 44.2. The second-order valence-corrected chi connectivity index (χ2v) is 40.9. The summed E-state index contributed by atoms with van der Waals surface area (Å²) in [4.78, 5) is 68.1. The fourth-order valence-electron chi connectivity index (χ4n) is 15.6. The van der Waals surface area contributed by atoms with Gasteiger partial charge in [-0.3, -0.25) is 19.2 Å². The highest BCUT2D eigenvalue weighted by molar-refractivity contribution is 7.90. The van der Waals surface area contributed by atoms with Crippen molar-refractivity contribution in [2.75, 3.05) is 21.3 Å². The molecule has 10 N–H and O–H groups in total. The van der Waals surface area contributed by atoms with Gasteiger partial charge in [0.05, 0.1) is 11.4 Å². The zero-order valence-electron chi connectivity index (χ0n) is 72.0. The highest BCUT2D eigenvalue weighted by Gasteiger charge is 2.62. The van der Waals surface area contributed by atoms with Gasteiger partial charge in [-0.05, 0) is 177 Å². The number of ether oxygens (including phenoxy) is 2. The van der Waals surface area contributed by atoms with Crippen LogP contribution < -0.4 is 40.2 Å². The molecule has 2 amide bonds. The number of hydrogen-bond acceptors (Lipinski definition) is 20. The zero-order chi connectivity index (χ0) is 92.9. The highest BCUT2D eigenvalue weighted by Crippen LogP contribution is 2.56. The molecule has 0 bridgehead atoms. The summed E-state index contributed by atoms with van der Waals surface area (Å²) in [5, 5.41) is 54.6. The topological polar surface area (TPSA) is 386 Å². The molecular formula is C90H102Cl2F6N10O16S2.